The lowest BCUT2D eigenvalue weighted by Gasteiger charge is -2.16. The molecule has 0 atom stereocenters. The molecule has 2 rings (SSSR count). The maximum atomic E-state index is 12.2. The number of aromatic hydroxyl groups is 1. The number of hydrogen-bond acceptors (Lipinski definition) is 4. The summed E-state index contributed by atoms with van der Waals surface area (Å²) in [5.41, 5.74) is 0.586. The van der Waals surface area contributed by atoms with Gasteiger partial charge in [-0.3, -0.25) is 0 Å². The highest BCUT2D eigenvalue weighted by atomic mass is 79.9. The Labute approximate surface area is 125 Å². The van der Waals surface area contributed by atoms with Crippen LogP contribution in [0, 0.1) is 0 Å². The third kappa shape index (κ3) is 2.54. The Morgan fingerprint density at radius 3 is 2.60 bits per heavy atom. The van der Waals surface area contributed by atoms with Crippen LogP contribution in [0.5, 0.6) is 5.75 Å². The van der Waals surface area contributed by atoms with Crippen LogP contribution >= 0.6 is 15.9 Å². The van der Waals surface area contributed by atoms with Gasteiger partial charge >= 0.3 is 5.97 Å². The molecule has 0 unspecified atom stereocenters. The Bertz CT molecular complexity index is 665. The van der Waals surface area contributed by atoms with E-state index in [1.807, 2.05) is 20.8 Å². The van der Waals surface area contributed by atoms with Crippen molar-refractivity contribution < 1.29 is 19.1 Å². The number of esters is 1. The number of hydrogen-bond donors (Lipinski definition) is 1. The van der Waals surface area contributed by atoms with Crippen LogP contribution in [-0.2, 0) is 10.2 Å². The first-order chi connectivity index (χ1) is 9.25. The number of phenolic OH excluding ortho intramolecular Hbond substituents is 1. The van der Waals surface area contributed by atoms with Crippen molar-refractivity contribution in [3.8, 4) is 5.75 Å². The van der Waals surface area contributed by atoms with Gasteiger partial charge in [-0.25, -0.2) is 4.79 Å². The third-order valence-electron chi connectivity index (χ3n) is 2.92. The molecule has 4 nitrogen and oxygen atoms in total. The number of phenols is 1. The van der Waals surface area contributed by atoms with Gasteiger partial charge < -0.3 is 14.3 Å². The highest BCUT2D eigenvalue weighted by Crippen LogP contribution is 2.38. The molecule has 108 valence electrons. The van der Waals surface area contributed by atoms with Gasteiger partial charge in [0.2, 0.25) is 0 Å². The number of carbonyl (C=O) groups excluding carboxylic acids is 1. The van der Waals surface area contributed by atoms with Crippen LogP contribution < -0.4 is 0 Å². The molecule has 5 heteroatoms. The Hall–Kier alpha value is -1.49. The quantitative estimate of drug-likeness (QED) is 0.824. The Balaban J connectivity index is 2.78. The van der Waals surface area contributed by atoms with E-state index < -0.39 is 5.97 Å². The molecule has 0 amide bonds. The van der Waals surface area contributed by atoms with E-state index in [0.29, 0.717) is 26.8 Å². The first kappa shape index (κ1) is 14.9. The summed E-state index contributed by atoms with van der Waals surface area (Å²) in [5.74, 6) is 0.186. The smallest absolute Gasteiger partial charge is 0.342 e. The lowest BCUT2D eigenvalue weighted by Crippen LogP contribution is -2.16. The predicted molar refractivity (Wildman–Crippen MR) is 80.2 cm³/mol. The molecule has 0 aliphatic rings. The molecule has 20 heavy (non-hydrogen) atoms. The normalized spacial score (nSPS) is 11.8. The fraction of sp³-hybridized carbons (Fsp3) is 0.400. The molecule has 2 aromatic rings. The van der Waals surface area contributed by atoms with Crippen LogP contribution in [0.25, 0.3) is 11.0 Å². The first-order valence-corrected chi connectivity index (χ1v) is 7.17. The Morgan fingerprint density at radius 2 is 2.05 bits per heavy atom. The summed E-state index contributed by atoms with van der Waals surface area (Å²) >= 11 is 3.24. The molecule has 1 aromatic heterocycles. The van der Waals surface area contributed by atoms with Gasteiger partial charge in [0.1, 0.15) is 22.7 Å². The average Bonchev–Trinajstić information content (AvgIpc) is 2.68. The second-order valence-electron chi connectivity index (χ2n) is 5.58. The van der Waals surface area contributed by atoms with E-state index in [4.69, 9.17) is 9.15 Å². The molecule has 0 saturated heterocycles. The van der Waals surface area contributed by atoms with Crippen LogP contribution in [0.4, 0.5) is 0 Å². The van der Waals surface area contributed by atoms with Crippen LogP contribution in [0.1, 0.15) is 43.8 Å². The Morgan fingerprint density at radius 1 is 1.40 bits per heavy atom. The van der Waals surface area contributed by atoms with E-state index >= 15 is 0 Å². The molecular formula is C15H17BrO4. The number of furan rings is 1. The summed E-state index contributed by atoms with van der Waals surface area (Å²) in [6.07, 6.45) is 0. The summed E-state index contributed by atoms with van der Waals surface area (Å²) < 4.78 is 11.5. The van der Waals surface area contributed by atoms with Gasteiger partial charge in [0.15, 0.2) is 0 Å². The van der Waals surface area contributed by atoms with Gasteiger partial charge in [-0.1, -0.05) is 20.8 Å². The molecule has 0 saturated carbocycles. The molecular weight excluding hydrogens is 324 g/mol. The third-order valence-corrected chi connectivity index (χ3v) is 3.55. The highest BCUT2D eigenvalue weighted by molar-refractivity contribution is 9.10. The van der Waals surface area contributed by atoms with Crippen LogP contribution in [0.2, 0.25) is 0 Å². The Kier molecular flexibility index (Phi) is 3.82. The van der Waals surface area contributed by atoms with Gasteiger partial charge in [0, 0.05) is 10.8 Å². The number of carbonyl (C=O) groups is 1. The average molecular weight is 341 g/mol. The van der Waals surface area contributed by atoms with Gasteiger partial charge in [-0.15, -0.1) is 0 Å². The lowest BCUT2D eigenvalue weighted by atomic mass is 9.89. The van der Waals surface area contributed by atoms with E-state index in [-0.39, 0.29) is 17.8 Å². The maximum absolute atomic E-state index is 12.2. The fourth-order valence-corrected chi connectivity index (χ4v) is 2.36. The van der Waals surface area contributed by atoms with Crippen molar-refractivity contribution >= 4 is 32.9 Å². The van der Waals surface area contributed by atoms with Crippen molar-refractivity contribution in [2.45, 2.75) is 33.1 Å². The number of rotatable bonds is 2. The van der Waals surface area contributed by atoms with Gasteiger partial charge in [0.05, 0.1) is 11.1 Å². The van der Waals surface area contributed by atoms with Crippen LogP contribution in [0.15, 0.2) is 21.0 Å². The van der Waals surface area contributed by atoms with E-state index in [2.05, 4.69) is 15.9 Å². The summed E-state index contributed by atoms with van der Waals surface area (Å²) in [6, 6.07) is 3.17. The van der Waals surface area contributed by atoms with Gasteiger partial charge in [-0.05, 0) is 35.0 Å². The second-order valence-corrected chi connectivity index (χ2v) is 6.43. The summed E-state index contributed by atoms with van der Waals surface area (Å²) in [5, 5.41) is 10.4. The van der Waals surface area contributed by atoms with Crippen molar-refractivity contribution in [3.05, 3.63) is 27.9 Å². The van der Waals surface area contributed by atoms with Crippen molar-refractivity contribution in [1.29, 1.82) is 0 Å². The lowest BCUT2D eigenvalue weighted by molar-refractivity contribution is 0.0523. The summed E-state index contributed by atoms with van der Waals surface area (Å²) in [7, 11) is 0. The molecule has 0 aliphatic carbocycles. The van der Waals surface area contributed by atoms with Gasteiger partial charge in [-0.2, -0.15) is 0 Å². The van der Waals surface area contributed by atoms with Crippen molar-refractivity contribution in [1.82, 2.24) is 0 Å². The minimum Gasteiger partial charge on any atom is -0.507 e. The van der Waals surface area contributed by atoms with E-state index in [1.165, 1.54) is 6.07 Å². The molecule has 1 heterocycles. The minimum absolute atomic E-state index is 0.0595. The highest BCUT2D eigenvalue weighted by Gasteiger charge is 2.30. The molecule has 0 fully saturated rings. The monoisotopic (exact) mass is 340 g/mol. The maximum Gasteiger partial charge on any atom is 0.342 e. The fourth-order valence-electron chi connectivity index (χ4n) is 2.04. The van der Waals surface area contributed by atoms with Crippen LogP contribution in [-0.4, -0.2) is 17.7 Å². The molecule has 0 radical (unpaired) electrons. The van der Waals surface area contributed by atoms with E-state index in [0.717, 1.165) is 0 Å². The minimum atomic E-state index is -0.433. The van der Waals surface area contributed by atoms with E-state index in [1.54, 1.807) is 13.0 Å². The first-order valence-electron chi connectivity index (χ1n) is 6.38. The number of ether oxygens (including phenoxy) is 1. The zero-order valence-corrected chi connectivity index (χ0v) is 13.5. The molecule has 0 bridgehead atoms. The predicted octanol–water partition coefficient (Wildman–Crippen LogP) is 4.38. The topological polar surface area (TPSA) is 59.7 Å². The number of fused-ring (bicyclic) bond motifs is 1. The molecule has 0 aliphatic heterocycles. The summed E-state index contributed by atoms with van der Waals surface area (Å²) in [6.45, 7) is 7.93. The zero-order valence-electron chi connectivity index (χ0n) is 11.9. The van der Waals surface area contributed by atoms with Crippen LogP contribution in [0.3, 0.4) is 0 Å². The van der Waals surface area contributed by atoms with Gasteiger partial charge in [0.25, 0.3) is 0 Å². The second kappa shape index (κ2) is 5.13. The zero-order chi connectivity index (χ0) is 15.1. The molecule has 1 N–H and O–H groups in total. The van der Waals surface area contributed by atoms with Crippen molar-refractivity contribution in [3.63, 3.8) is 0 Å². The standard InChI is InChI=1S/C15H17BrO4/c1-5-19-14(18)12-8-6-10(17)9(16)7-11(8)20-13(12)15(2,3)4/h6-7,17H,5H2,1-4H3. The SMILES string of the molecule is CCOC(=O)c1c(C(C)(C)C)oc2cc(Br)c(O)cc12. The number of benzene rings is 1. The molecule has 0 spiro atoms. The van der Waals surface area contributed by atoms with Crippen molar-refractivity contribution in [2.75, 3.05) is 6.61 Å². The number of halogens is 1. The van der Waals surface area contributed by atoms with E-state index in [9.17, 15) is 9.90 Å². The molecule has 1 aromatic carbocycles. The largest absolute Gasteiger partial charge is 0.507 e. The summed E-state index contributed by atoms with van der Waals surface area (Å²) in [4.78, 5) is 12.2. The van der Waals surface area contributed by atoms with Crippen molar-refractivity contribution in [2.24, 2.45) is 0 Å².